The van der Waals surface area contributed by atoms with E-state index in [4.69, 9.17) is 4.74 Å². The van der Waals surface area contributed by atoms with E-state index in [1.54, 1.807) is 7.05 Å². The van der Waals surface area contributed by atoms with Crippen LogP contribution >= 0.6 is 0 Å². The Morgan fingerprint density at radius 3 is 2.86 bits per heavy atom. The molecule has 2 heterocycles. The number of aryl methyl sites for hydroxylation is 1. The topological polar surface area (TPSA) is 63.6 Å². The molecule has 0 bridgehead atoms. The fourth-order valence-corrected chi connectivity index (χ4v) is 2.17. The summed E-state index contributed by atoms with van der Waals surface area (Å²) in [6.07, 6.45) is -0.340. The lowest BCUT2D eigenvalue weighted by atomic mass is 10.2. The third-order valence-corrected chi connectivity index (χ3v) is 3.39. The highest BCUT2D eigenvalue weighted by Crippen LogP contribution is 2.18. The van der Waals surface area contributed by atoms with Crippen LogP contribution in [0.5, 0.6) is 0 Å². The summed E-state index contributed by atoms with van der Waals surface area (Å²) in [4.78, 5) is 24.7. The predicted molar refractivity (Wildman–Crippen MR) is 70.1 cm³/mol. The molecule has 1 N–H and O–H groups in total. The minimum Gasteiger partial charge on any atom is -0.365 e. The highest BCUT2D eigenvalue weighted by atomic mass is 19.3. The van der Waals surface area contributed by atoms with Crippen LogP contribution < -0.4 is 5.32 Å². The summed E-state index contributed by atoms with van der Waals surface area (Å²) >= 11 is 0. The van der Waals surface area contributed by atoms with Crippen molar-refractivity contribution in [1.29, 1.82) is 0 Å². The minimum absolute atomic E-state index is 0.0381. The van der Waals surface area contributed by atoms with Crippen molar-refractivity contribution in [3.63, 3.8) is 0 Å². The van der Waals surface area contributed by atoms with Crippen molar-refractivity contribution in [3.8, 4) is 0 Å². The van der Waals surface area contributed by atoms with Crippen molar-refractivity contribution in [2.75, 3.05) is 26.7 Å². The lowest BCUT2D eigenvalue weighted by molar-refractivity contribution is -0.146. The number of likely N-dealkylation sites (N-methyl/N-ethyl adjacent to an activating group) is 1. The molecule has 1 saturated heterocycles. The van der Waals surface area contributed by atoms with Gasteiger partial charge in [-0.25, -0.2) is 0 Å². The number of carbonyl (C=O) groups excluding carboxylic acids is 2. The first-order valence-electron chi connectivity index (χ1n) is 6.50. The molecule has 0 aliphatic carbocycles. The number of nitrogens with zero attached hydrogens (tertiary/aromatic N) is 2. The summed E-state index contributed by atoms with van der Waals surface area (Å²) in [6.45, 7) is -0.787. The molecule has 6 nitrogen and oxygen atoms in total. The first-order valence-corrected chi connectivity index (χ1v) is 6.50. The molecule has 1 unspecified atom stereocenters. The molecule has 116 valence electrons. The van der Waals surface area contributed by atoms with Crippen molar-refractivity contribution >= 4 is 11.8 Å². The van der Waals surface area contributed by atoms with Crippen LogP contribution in [0.4, 0.5) is 8.78 Å². The quantitative estimate of drug-likeness (QED) is 0.894. The van der Waals surface area contributed by atoms with Gasteiger partial charge in [-0.15, -0.1) is 0 Å². The Morgan fingerprint density at radius 2 is 2.24 bits per heavy atom. The second-order valence-corrected chi connectivity index (χ2v) is 4.92. The van der Waals surface area contributed by atoms with Gasteiger partial charge >= 0.3 is 6.55 Å². The van der Waals surface area contributed by atoms with E-state index in [1.165, 1.54) is 24.0 Å². The lowest BCUT2D eigenvalue weighted by Gasteiger charge is -2.29. The van der Waals surface area contributed by atoms with E-state index in [1.807, 2.05) is 0 Å². The number of aromatic nitrogens is 1. The number of nitrogens with one attached hydrogen (secondary N) is 1. The predicted octanol–water partition coefficient (Wildman–Crippen LogP) is 0.779. The molecule has 1 aliphatic heterocycles. The zero-order valence-electron chi connectivity index (χ0n) is 11.8. The number of rotatable bonds is 4. The standard InChI is InChI=1S/C13H17F2N3O3/c1-8-3-4-10(18(8)13(14)15)12(20)16-5-9-6-17(2)11(19)7-21-9/h3-4,9,13H,5-7H2,1-2H3,(H,16,20). The van der Waals surface area contributed by atoms with Crippen LogP contribution in [0.3, 0.4) is 0 Å². The summed E-state index contributed by atoms with van der Waals surface area (Å²) in [5.41, 5.74) is 0.220. The first kappa shape index (κ1) is 15.4. The van der Waals surface area contributed by atoms with Crippen molar-refractivity contribution in [2.45, 2.75) is 19.6 Å². The molecular weight excluding hydrogens is 284 g/mol. The van der Waals surface area contributed by atoms with Crippen LogP contribution in [0, 0.1) is 6.92 Å². The maximum absolute atomic E-state index is 12.9. The first-order chi connectivity index (χ1) is 9.90. The highest BCUT2D eigenvalue weighted by molar-refractivity contribution is 5.93. The molecule has 0 saturated carbocycles. The molecule has 0 spiro atoms. The minimum atomic E-state index is -2.77. The van der Waals surface area contributed by atoms with Gasteiger partial charge in [0.05, 0.1) is 6.10 Å². The van der Waals surface area contributed by atoms with Crippen LogP contribution in [-0.4, -0.2) is 54.1 Å². The molecular formula is C13H17F2N3O3. The van der Waals surface area contributed by atoms with E-state index >= 15 is 0 Å². The van der Waals surface area contributed by atoms with E-state index in [9.17, 15) is 18.4 Å². The van der Waals surface area contributed by atoms with Gasteiger partial charge in [-0.2, -0.15) is 8.78 Å². The van der Waals surface area contributed by atoms with Crippen LogP contribution in [0.2, 0.25) is 0 Å². The number of halogens is 2. The van der Waals surface area contributed by atoms with E-state index in [2.05, 4.69) is 5.32 Å². The van der Waals surface area contributed by atoms with Gasteiger partial charge in [-0.1, -0.05) is 0 Å². The lowest BCUT2D eigenvalue weighted by Crippen LogP contribution is -2.48. The fourth-order valence-electron chi connectivity index (χ4n) is 2.17. The molecule has 2 rings (SSSR count). The number of alkyl halides is 2. The summed E-state index contributed by atoms with van der Waals surface area (Å²) in [5, 5.41) is 2.56. The molecule has 1 atom stereocenters. The molecule has 1 aromatic heterocycles. The Morgan fingerprint density at radius 1 is 1.52 bits per heavy atom. The molecule has 0 aromatic carbocycles. The number of carbonyl (C=O) groups is 2. The third-order valence-electron chi connectivity index (χ3n) is 3.39. The van der Waals surface area contributed by atoms with Gasteiger partial charge in [0.2, 0.25) is 5.91 Å². The van der Waals surface area contributed by atoms with Crippen molar-refractivity contribution in [2.24, 2.45) is 0 Å². The van der Waals surface area contributed by atoms with Crippen LogP contribution in [-0.2, 0) is 9.53 Å². The van der Waals surface area contributed by atoms with E-state index in [0.717, 1.165) is 0 Å². The van der Waals surface area contributed by atoms with Crippen LogP contribution in [0.15, 0.2) is 12.1 Å². The Labute approximate surface area is 120 Å². The number of morpholine rings is 1. The third kappa shape index (κ3) is 3.38. The van der Waals surface area contributed by atoms with Crippen molar-refractivity contribution < 1.29 is 23.1 Å². The highest BCUT2D eigenvalue weighted by Gasteiger charge is 2.25. The zero-order chi connectivity index (χ0) is 15.6. The second kappa shape index (κ2) is 6.21. The van der Waals surface area contributed by atoms with Gasteiger partial charge in [0.25, 0.3) is 5.91 Å². The van der Waals surface area contributed by atoms with Gasteiger partial charge in [-0.3, -0.25) is 14.2 Å². The smallest absolute Gasteiger partial charge is 0.319 e. The molecule has 2 amide bonds. The summed E-state index contributed by atoms with van der Waals surface area (Å²) in [7, 11) is 1.64. The second-order valence-electron chi connectivity index (χ2n) is 4.92. The Kier molecular flexibility index (Phi) is 4.56. The van der Waals surface area contributed by atoms with Crippen LogP contribution in [0.1, 0.15) is 22.7 Å². The zero-order valence-corrected chi connectivity index (χ0v) is 11.8. The van der Waals surface area contributed by atoms with Crippen molar-refractivity contribution in [1.82, 2.24) is 14.8 Å². The van der Waals surface area contributed by atoms with E-state index in [0.29, 0.717) is 16.8 Å². The normalized spacial score (nSPS) is 19.2. The van der Waals surface area contributed by atoms with Gasteiger partial charge in [0, 0.05) is 25.8 Å². The summed E-state index contributed by atoms with van der Waals surface area (Å²) in [5.74, 6) is -0.716. The van der Waals surface area contributed by atoms with Crippen molar-refractivity contribution in [3.05, 3.63) is 23.5 Å². The van der Waals surface area contributed by atoms with Crippen LogP contribution in [0.25, 0.3) is 0 Å². The largest absolute Gasteiger partial charge is 0.365 e. The van der Waals surface area contributed by atoms with E-state index < -0.39 is 12.5 Å². The fraction of sp³-hybridized carbons (Fsp3) is 0.538. The number of hydrogen-bond acceptors (Lipinski definition) is 3. The van der Waals surface area contributed by atoms with E-state index in [-0.39, 0.29) is 30.9 Å². The maximum atomic E-state index is 12.9. The molecule has 21 heavy (non-hydrogen) atoms. The van der Waals surface area contributed by atoms with Gasteiger partial charge in [0.1, 0.15) is 12.3 Å². The molecule has 1 aliphatic rings. The number of ether oxygens (including phenoxy) is 1. The summed E-state index contributed by atoms with van der Waals surface area (Å²) < 4.78 is 31.7. The van der Waals surface area contributed by atoms with Gasteiger partial charge < -0.3 is 15.0 Å². The molecule has 8 heteroatoms. The van der Waals surface area contributed by atoms with Gasteiger partial charge in [0.15, 0.2) is 0 Å². The average molecular weight is 301 g/mol. The van der Waals surface area contributed by atoms with Gasteiger partial charge in [-0.05, 0) is 19.1 Å². The monoisotopic (exact) mass is 301 g/mol. The Balaban J connectivity index is 1.95. The molecule has 0 radical (unpaired) electrons. The number of amides is 2. The Hall–Kier alpha value is -1.96. The molecule has 1 fully saturated rings. The SMILES string of the molecule is Cc1ccc(C(=O)NCC2CN(C)C(=O)CO2)n1C(F)F. The number of hydrogen-bond donors (Lipinski definition) is 1. The maximum Gasteiger partial charge on any atom is 0.319 e. The summed E-state index contributed by atoms with van der Waals surface area (Å²) in [6, 6.07) is 2.82. The average Bonchev–Trinajstić information content (AvgIpc) is 2.82. The Bertz CT molecular complexity index is 545. The molecule has 1 aromatic rings.